The van der Waals surface area contributed by atoms with Crippen LogP contribution in [0.1, 0.15) is 44.9 Å². The largest absolute Gasteiger partial charge is 0.326 e. The Hall–Kier alpha value is -0.710. The first-order valence-electron chi connectivity index (χ1n) is 7.33. The summed E-state index contributed by atoms with van der Waals surface area (Å²) >= 11 is 1.71. The third-order valence-corrected chi connectivity index (χ3v) is 4.78. The highest BCUT2D eigenvalue weighted by Crippen LogP contribution is 2.25. The minimum atomic E-state index is -0.286. The third-order valence-electron chi connectivity index (χ3n) is 4.13. The van der Waals surface area contributed by atoms with Gasteiger partial charge in [0.05, 0.1) is 0 Å². The average Bonchev–Trinajstić information content (AvgIpc) is 2.63. The fourth-order valence-electron chi connectivity index (χ4n) is 2.99. The van der Waals surface area contributed by atoms with E-state index >= 15 is 0 Å². The lowest BCUT2D eigenvalue weighted by Crippen LogP contribution is -2.36. The fraction of sp³-hybridized carbons (Fsp3) is 0.857. The quantitative estimate of drug-likeness (QED) is 0.623. The second-order valence-electron chi connectivity index (χ2n) is 5.59. The van der Waals surface area contributed by atoms with E-state index in [1.165, 1.54) is 30.6 Å². The standard InChI is InChI=1S/C14H24N2O2S/c1-19-9-8-12-13(17)16(14(18)15-12)10-11-6-4-2-3-5-7-11/h11-12H,2-10H2,1H3,(H,15,18). The number of imide groups is 1. The van der Waals surface area contributed by atoms with Gasteiger partial charge in [-0.15, -0.1) is 0 Å². The van der Waals surface area contributed by atoms with Crippen molar-refractivity contribution in [1.82, 2.24) is 10.2 Å². The molecule has 19 heavy (non-hydrogen) atoms. The van der Waals surface area contributed by atoms with Crippen LogP contribution in [0.3, 0.4) is 0 Å². The van der Waals surface area contributed by atoms with Gasteiger partial charge >= 0.3 is 6.03 Å². The average molecular weight is 284 g/mol. The second kappa shape index (κ2) is 7.17. The second-order valence-corrected chi connectivity index (χ2v) is 6.58. The number of nitrogens with zero attached hydrogens (tertiary/aromatic N) is 1. The third kappa shape index (κ3) is 3.88. The Morgan fingerprint density at radius 1 is 1.21 bits per heavy atom. The molecule has 1 heterocycles. The van der Waals surface area contributed by atoms with Crippen LogP contribution >= 0.6 is 11.8 Å². The molecule has 1 saturated carbocycles. The molecule has 0 aromatic rings. The van der Waals surface area contributed by atoms with Crippen molar-refractivity contribution in [1.29, 1.82) is 0 Å². The van der Waals surface area contributed by atoms with E-state index in [0.717, 1.165) is 25.0 Å². The van der Waals surface area contributed by atoms with Crippen molar-refractivity contribution in [3.63, 3.8) is 0 Å². The SMILES string of the molecule is CSCCC1NC(=O)N(CC2CCCCCC2)C1=O. The van der Waals surface area contributed by atoms with Crippen molar-refractivity contribution in [2.75, 3.05) is 18.6 Å². The van der Waals surface area contributed by atoms with Crippen molar-refractivity contribution in [3.8, 4) is 0 Å². The molecule has 2 rings (SSSR count). The lowest BCUT2D eigenvalue weighted by Gasteiger charge is -2.20. The van der Waals surface area contributed by atoms with E-state index in [9.17, 15) is 9.59 Å². The van der Waals surface area contributed by atoms with Crippen LogP contribution in [0.5, 0.6) is 0 Å². The van der Waals surface area contributed by atoms with Gasteiger partial charge in [0.1, 0.15) is 6.04 Å². The zero-order valence-electron chi connectivity index (χ0n) is 11.7. The van der Waals surface area contributed by atoms with Crippen LogP contribution in [0.2, 0.25) is 0 Å². The minimum Gasteiger partial charge on any atom is -0.326 e. The monoisotopic (exact) mass is 284 g/mol. The van der Waals surface area contributed by atoms with Crippen LogP contribution in [0, 0.1) is 5.92 Å². The number of hydrogen-bond donors (Lipinski definition) is 1. The summed E-state index contributed by atoms with van der Waals surface area (Å²) in [6, 6.07) is -0.467. The molecular weight excluding hydrogens is 260 g/mol. The molecule has 1 aliphatic heterocycles. The van der Waals surface area contributed by atoms with Gasteiger partial charge in [0.25, 0.3) is 5.91 Å². The smallest absolute Gasteiger partial charge is 0.324 e. The van der Waals surface area contributed by atoms with E-state index < -0.39 is 0 Å². The van der Waals surface area contributed by atoms with Gasteiger partial charge in [0.2, 0.25) is 0 Å². The van der Waals surface area contributed by atoms with Crippen molar-refractivity contribution in [2.24, 2.45) is 5.92 Å². The highest BCUT2D eigenvalue weighted by atomic mass is 32.2. The molecule has 0 bridgehead atoms. The molecule has 1 unspecified atom stereocenters. The predicted octanol–water partition coefficient (Wildman–Crippen LogP) is 2.63. The maximum atomic E-state index is 12.2. The molecule has 1 saturated heterocycles. The Labute approximate surface area is 119 Å². The normalized spacial score (nSPS) is 25.5. The highest BCUT2D eigenvalue weighted by Gasteiger charge is 2.38. The van der Waals surface area contributed by atoms with Crippen molar-refractivity contribution < 1.29 is 9.59 Å². The number of amides is 3. The lowest BCUT2D eigenvalue weighted by atomic mass is 10.00. The van der Waals surface area contributed by atoms with Gasteiger partial charge in [-0.2, -0.15) is 11.8 Å². The van der Waals surface area contributed by atoms with E-state index in [4.69, 9.17) is 0 Å². The van der Waals surface area contributed by atoms with Gasteiger partial charge < -0.3 is 5.32 Å². The first kappa shape index (κ1) is 14.7. The first-order valence-corrected chi connectivity index (χ1v) is 8.72. The summed E-state index contributed by atoms with van der Waals surface area (Å²) in [7, 11) is 0. The van der Waals surface area contributed by atoms with Crippen LogP contribution in [0.15, 0.2) is 0 Å². The Morgan fingerprint density at radius 2 is 1.89 bits per heavy atom. The molecule has 0 aromatic heterocycles. The molecular formula is C14H24N2O2S. The fourth-order valence-corrected chi connectivity index (χ4v) is 3.46. The van der Waals surface area contributed by atoms with Crippen LogP contribution < -0.4 is 5.32 Å². The summed E-state index contributed by atoms with van der Waals surface area (Å²) in [5.74, 6) is 1.41. The predicted molar refractivity (Wildman–Crippen MR) is 78.2 cm³/mol. The summed E-state index contributed by atoms with van der Waals surface area (Å²) in [4.78, 5) is 25.6. The van der Waals surface area contributed by atoms with E-state index in [1.807, 2.05) is 6.26 Å². The molecule has 1 N–H and O–H groups in total. The molecule has 2 aliphatic rings. The number of carbonyl (C=O) groups is 2. The van der Waals surface area contributed by atoms with E-state index in [-0.39, 0.29) is 18.0 Å². The first-order chi connectivity index (χ1) is 9.22. The molecule has 0 aromatic carbocycles. The number of rotatable bonds is 5. The number of thioether (sulfide) groups is 1. The van der Waals surface area contributed by atoms with E-state index in [2.05, 4.69) is 5.32 Å². The van der Waals surface area contributed by atoms with E-state index in [1.54, 1.807) is 11.8 Å². The summed E-state index contributed by atoms with van der Waals surface area (Å²) in [5.41, 5.74) is 0. The molecule has 108 valence electrons. The van der Waals surface area contributed by atoms with Crippen LogP contribution in [0.4, 0.5) is 4.79 Å². The van der Waals surface area contributed by atoms with Gasteiger partial charge in [0, 0.05) is 6.54 Å². The number of nitrogens with one attached hydrogen (secondary N) is 1. The number of hydrogen-bond acceptors (Lipinski definition) is 3. The number of carbonyl (C=O) groups excluding carboxylic acids is 2. The van der Waals surface area contributed by atoms with Crippen LogP contribution in [-0.4, -0.2) is 41.4 Å². The Bertz CT molecular complexity index is 327. The van der Waals surface area contributed by atoms with Crippen LogP contribution in [0.25, 0.3) is 0 Å². The topological polar surface area (TPSA) is 49.4 Å². The molecule has 5 heteroatoms. The van der Waals surface area contributed by atoms with Crippen LogP contribution in [-0.2, 0) is 4.79 Å². The number of urea groups is 1. The van der Waals surface area contributed by atoms with E-state index in [0.29, 0.717) is 12.5 Å². The molecule has 2 fully saturated rings. The van der Waals surface area contributed by atoms with Crippen molar-refractivity contribution in [3.05, 3.63) is 0 Å². The molecule has 1 aliphatic carbocycles. The molecule has 1 atom stereocenters. The summed E-state index contributed by atoms with van der Waals surface area (Å²) in [6.45, 7) is 0.625. The highest BCUT2D eigenvalue weighted by molar-refractivity contribution is 7.98. The molecule has 4 nitrogen and oxygen atoms in total. The molecule has 0 spiro atoms. The zero-order chi connectivity index (χ0) is 13.7. The van der Waals surface area contributed by atoms with Gasteiger partial charge in [-0.25, -0.2) is 4.79 Å². The van der Waals surface area contributed by atoms with Crippen molar-refractivity contribution in [2.45, 2.75) is 51.0 Å². The zero-order valence-corrected chi connectivity index (χ0v) is 12.5. The maximum absolute atomic E-state index is 12.2. The Kier molecular flexibility index (Phi) is 5.55. The van der Waals surface area contributed by atoms with Gasteiger partial charge in [-0.3, -0.25) is 9.69 Å². The van der Waals surface area contributed by atoms with Crippen molar-refractivity contribution >= 4 is 23.7 Å². The van der Waals surface area contributed by atoms with Gasteiger partial charge in [-0.1, -0.05) is 25.7 Å². The van der Waals surface area contributed by atoms with Gasteiger partial charge in [-0.05, 0) is 37.2 Å². The lowest BCUT2D eigenvalue weighted by molar-refractivity contribution is -0.128. The maximum Gasteiger partial charge on any atom is 0.324 e. The summed E-state index contributed by atoms with van der Waals surface area (Å²) < 4.78 is 0. The Balaban J connectivity index is 1.88. The Morgan fingerprint density at radius 3 is 2.53 bits per heavy atom. The summed E-state index contributed by atoms with van der Waals surface area (Å²) in [5, 5.41) is 2.82. The van der Waals surface area contributed by atoms with Gasteiger partial charge in [0.15, 0.2) is 0 Å². The summed E-state index contributed by atoms with van der Waals surface area (Å²) in [6.07, 6.45) is 10.2. The minimum absolute atomic E-state index is 0.0108. The molecule has 3 amide bonds. The molecule has 0 radical (unpaired) electrons.